The summed E-state index contributed by atoms with van der Waals surface area (Å²) in [6.45, 7) is 3.32. The molecule has 1 heterocycles. The zero-order chi connectivity index (χ0) is 15.8. The monoisotopic (exact) mass is 446 g/mol. The molecular weight excluding hydrogens is 423 g/mol. The molecule has 1 unspecified atom stereocenters. The molecular formula is C16H23IN4OS. The fourth-order valence-corrected chi connectivity index (χ4v) is 2.82. The van der Waals surface area contributed by atoms with E-state index in [0.29, 0.717) is 13.2 Å². The molecule has 0 saturated carbocycles. The third-order valence-electron chi connectivity index (χ3n) is 3.03. The van der Waals surface area contributed by atoms with Crippen LogP contribution in [0.4, 0.5) is 0 Å². The molecule has 2 N–H and O–H groups in total. The summed E-state index contributed by atoms with van der Waals surface area (Å²) in [5.74, 6) is 0.749. The fraction of sp³-hybridized carbons (Fsp3) is 0.375. The van der Waals surface area contributed by atoms with E-state index in [2.05, 4.69) is 38.1 Å². The zero-order valence-electron chi connectivity index (χ0n) is 13.6. The van der Waals surface area contributed by atoms with E-state index in [1.54, 1.807) is 25.5 Å². The molecule has 0 aliphatic rings. The molecule has 0 aliphatic heterocycles. The maximum atomic E-state index is 5.11. The molecule has 0 fully saturated rings. The first-order valence-corrected chi connectivity index (χ1v) is 8.07. The Morgan fingerprint density at radius 2 is 2.09 bits per heavy atom. The van der Waals surface area contributed by atoms with Crippen LogP contribution < -0.4 is 10.6 Å². The van der Waals surface area contributed by atoms with Gasteiger partial charge >= 0.3 is 0 Å². The summed E-state index contributed by atoms with van der Waals surface area (Å²) in [4.78, 5) is 8.86. The maximum absolute atomic E-state index is 5.11. The van der Waals surface area contributed by atoms with E-state index >= 15 is 0 Å². The normalized spacial score (nSPS) is 12.4. The molecule has 0 saturated heterocycles. The first kappa shape index (κ1) is 19.9. The summed E-state index contributed by atoms with van der Waals surface area (Å²) in [6, 6.07) is 10.4. The topological polar surface area (TPSA) is 58.5 Å². The number of guanidine groups is 1. The van der Waals surface area contributed by atoms with Crippen LogP contribution in [0.2, 0.25) is 0 Å². The lowest BCUT2D eigenvalue weighted by Crippen LogP contribution is -2.43. The molecule has 7 heteroatoms. The number of rotatable bonds is 6. The van der Waals surface area contributed by atoms with Crippen molar-refractivity contribution in [3.05, 3.63) is 41.4 Å². The van der Waals surface area contributed by atoms with Gasteiger partial charge in [-0.15, -0.1) is 35.3 Å². The Balaban J connectivity index is 0.00000264. The van der Waals surface area contributed by atoms with Crippen LogP contribution >= 0.6 is 35.3 Å². The number of nitrogens with zero attached hydrogens (tertiary/aromatic N) is 2. The lowest BCUT2D eigenvalue weighted by Gasteiger charge is -2.16. The molecule has 0 amide bonds. The van der Waals surface area contributed by atoms with E-state index in [1.165, 1.54) is 0 Å². The average molecular weight is 446 g/mol. The molecule has 126 valence electrons. The minimum Gasteiger partial charge on any atom is -0.383 e. The first-order chi connectivity index (χ1) is 10.7. The molecule has 1 atom stereocenters. The van der Waals surface area contributed by atoms with E-state index in [0.717, 1.165) is 22.2 Å². The van der Waals surface area contributed by atoms with Crippen LogP contribution in [0.3, 0.4) is 0 Å². The van der Waals surface area contributed by atoms with Crippen molar-refractivity contribution < 1.29 is 4.74 Å². The second-order valence-corrected chi connectivity index (χ2v) is 5.79. The van der Waals surface area contributed by atoms with Gasteiger partial charge in [0.1, 0.15) is 5.01 Å². The second-order valence-electron chi connectivity index (χ2n) is 4.94. The minimum atomic E-state index is 0. The van der Waals surface area contributed by atoms with Gasteiger partial charge in [0.05, 0.1) is 18.8 Å². The number of hydrogen-bond acceptors (Lipinski definition) is 4. The number of halogens is 1. The van der Waals surface area contributed by atoms with Crippen molar-refractivity contribution in [2.75, 3.05) is 20.8 Å². The molecule has 1 aromatic carbocycles. The Hall–Kier alpha value is -1.19. The van der Waals surface area contributed by atoms with Gasteiger partial charge in [-0.1, -0.05) is 30.3 Å². The maximum Gasteiger partial charge on any atom is 0.191 e. The van der Waals surface area contributed by atoms with Gasteiger partial charge in [0.25, 0.3) is 0 Å². The fourth-order valence-electron chi connectivity index (χ4n) is 2.00. The van der Waals surface area contributed by atoms with E-state index in [4.69, 9.17) is 4.74 Å². The summed E-state index contributed by atoms with van der Waals surface area (Å²) in [5, 5.41) is 9.64. The highest BCUT2D eigenvalue weighted by molar-refractivity contribution is 14.0. The Labute approximate surface area is 158 Å². The highest BCUT2D eigenvalue weighted by Gasteiger charge is 2.07. The van der Waals surface area contributed by atoms with Crippen molar-refractivity contribution in [1.82, 2.24) is 15.6 Å². The van der Waals surface area contributed by atoms with E-state index in [1.807, 2.05) is 25.1 Å². The number of hydrogen-bond donors (Lipinski definition) is 2. The van der Waals surface area contributed by atoms with E-state index in [9.17, 15) is 0 Å². The standard InChI is InChI=1S/C16H22N4OS.HI/c1-12(10-21-3)19-16(17-2)18-9-14-11-22-15(20-14)13-7-5-4-6-8-13;/h4-8,11-12H,9-10H2,1-3H3,(H2,17,18,19);1H. The lowest BCUT2D eigenvalue weighted by molar-refractivity contribution is 0.179. The van der Waals surface area contributed by atoms with Gasteiger partial charge in [-0.25, -0.2) is 4.98 Å². The molecule has 2 aromatic rings. The van der Waals surface area contributed by atoms with Gasteiger partial charge in [-0.2, -0.15) is 0 Å². The van der Waals surface area contributed by atoms with Gasteiger partial charge < -0.3 is 15.4 Å². The average Bonchev–Trinajstić information content (AvgIpc) is 3.01. The summed E-state index contributed by atoms with van der Waals surface area (Å²) in [6.07, 6.45) is 0. The molecule has 1 aromatic heterocycles. The van der Waals surface area contributed by atoms with Crippen molar-refractivity contribution >= 4 is 41.3 Å². The molecule has 0 bridgehead atoms. The van der Waals surface area contributed by atoms with Crippen LogP contribution in [-0.4, -0.2) is 37.7 Å². The second kappa shape index (κ2) is 10.6. The van der Waals surface area contributed by atoms with Gasteiger partial charge in [0, 0.05) is 31.1 Å². The third kappa shape index (κ3) is 6.44. The number of ether oxygens (including phenoxy) is 1. The largest absolute Gasteiger partial charge is 0.383 e. The summed E-state index contributed by atoms with van der Waals surface area (Å²) < 4.78 is 5.11. The Morgan fingerprint density at radius 3 is 2.74 bits per heavy atom. The van der Waals surface area contributed by atoms with Crippen LogP contribution in [0.5, 0.6) is 0 Å². The Morgan fingerprint density at radius 1 is 1.35 bits per heavy atom. The van der Waals surface area contributed by atoms with Crippen LogP contribution in [0.25, 0.3) is 10.6 Å². The van der Waals surface area contributed by atoms with Gasteiger partial charge in [-0.05, 0) is 6.92 Å². The van der Waals surface area contributed by atoms with Gasteiger partial charge in [-0.3, -0.25) is 4.99 Å². The Bertz CT molecular complexity index is 603. The van der Waals surface area contributed by atoms with Crippen LogP contribution in [0.15, 0.2) is 40.7 Å². The first-order valence-electron chi connectivity index (χ1n) is 7.19. The molecule has 2 rings (SSSR count). The number of nitrogens with one attached hydrogen (secondary N) is 2. The van der Waals surface area contributed by atoms with Crippen molar-refractivity contribution in [2.45, 2.75) is 19.5 Å². The smallest absolute Gasteiger partial charge is 0.191 e. The zero-order valence-corrected chi connectivity index (χ0v) is 16.7. The predicted molar refractivity (Wildman–Crippen MR) is 108 cm³/mol. The van der Waals surface area contributed by atoms with Gasteiger partial charge in [0.15, 0.2) is 5.96 Å². The lowest BCUT2D eigenvalue weighted by atomic mass is 10.2. The third-order valence-corrected chi connectivity index (χ3v) is 3.97. The minimum absolute atomic E-state index is 0. The van der Waals surface area contributed by atoms with Crippen LogP contribution in [-0.2, 0) is 11.3 Å². The summed E-state index contributed by atoms with van der Waals surface area (Å²) >= 11 is 1.65. The highest BCUT2D eigenvalue weighted by Crippen LogP contribution is 2.23. The van der Waals surface area contributed by atoms with Crippen molar-refractivity contribution in [3.8, 4) is 10.6 Å². The number of benzene rings is 1. The van der Waals surface area contributed by atoms with Gasteiger partial charge in [0.2, 0.25) is 0 Å². The summed E-state index contributed by atoms with van der Waals surface area (Å²) in [7, 11) is 3.44. The molecule has 5 nitrogen and oxygen atoms in total. The molecule has 0 radical (unpaired) electrons. The predicted octanol–water partition coefficient (Wildman–Crippen LogP) is 3.13. The SMILES string of the molecule is CN=C(NCc1csc(-c2ccccc2)n1)NC(C)COC.I. The number of methoxy groups -OCH3 is 1. The van der Waals surface area contributed by atoms with Crippen LogP contribution in [0, 0.1) is 0 Å². The molecule has 23 heavy (non-hydrogen) atoms. The molecule has 0 aliphatic carbocycles. The highest BCUT2D eigenvalue weighted by atomic mass is 127. The summed E-state index contributed by atoms with van der Waals surface area (Å²) in [5.41, 5.74) is 2.15. The quantitative estimate of drug-likeness (QED) is 0.407. The van der Waals surface area contributed by atoms with Crippen molar-refractivity contribution in [1.29, 1.82) is 0 Å². The number of aliphatic imine (C=N–C) groups is 1. The Kier molecular flexibility index (Phi) is 9.12. The van der Waals surface area contributed by atoms with E-state index in [-0.39, 0.29) is 30.0 Å². The number of thiazole rings is 1. The van der Waals surface area contributed by atoms with Crippen LogP contribution in [0.1, 0.15) is 12.6 Å². The molecule has 0 spiro atoms. The van der Waals surface area contributed by atoms with E-state index < -0.39 is 0 Å². The van der Waals surface area contributed by atoms with Crippen molar-refractivity contribution in [2.24, 2.45) is 4.99 Å². The number of aromatic nitrogens is 1. The van der Waals surface area contributed by atoms with Crippen molar-refractivity contribution in [3.63, 3.8) is 0 Å².